The molecule has 0 saturated heterocycles. The van der Waals surface area contributed by atoms with E-state index in [-0.39, 0.29) is 24.3 Å². The van der Waals surface area contributed by atoms with Crippen molar-refractivity contribution in [2.45, 2.75) is 64.1 Å². The lowest BCUT2D eigenvalue weighted by Gasteiger charge is -2.25. The van der Waals surface area contributed by atoms with Gasteiger partial charge in [0.15, 0.2) is 0 Å². The molecule has 0 aromatic heterocycles. The van der Waals surface area contributed by atoms with Crippen LogP contribution in [-0.2, 0) is 16.8 Å². The third-order valence-corrected chi connectivity index (χ3v) is 6.29. The van der Waals surface area contributed by atoms with E-state index in [4.69, 9.17) is 9.47 Å². The number of carbonyl (C=O) groups is 1. The van der Waals surface area contributed by atoms with Crippen molar-refractivity contribution in [3.8, 4) is 22.6 Å². The van der Waals surface area contributed by atoms with Gasteiger partial charge in [-0.05, 0) is 70.3 Å². The van der Waals surface area contributed by atoms with Crippen LogP contribution in [0.4, 0.5) is 17.6 Å². The molecule has 0 amide bonds. The van der Waals surface area contributed by atoms with E-state index >= 15 is 0 Å². The minimum absolute atomic E-state index is 0.166. The molecule has 3 rings (SSSR count). The maximum absolute atomic E-state index is 14.8. The van der Waals surface area contributed by atoms with Crippen LogP contribution in [0.3, 0.4) is 0 Å². The number of rotatable bonds is 10. The van der Waals surface area contributed by atoms with E-state index in [2.05, 4.69) is 0 Å². The minimum Gasteiger partial charge on any atom is -0.497 e. The summed E-state index contributed by atoms with van der Waals surface area (Å²) in [6.07, 6.45) is -6.16. The minimum atomic E-state index is -4.37. The molecule has 0 aliphatic heterocycles. The average Bonchev–Trinajstić information content (AvgIpc) is 2.84. The number of ether oxygens (including phenoxy) is 2. The zero-order chi connectivity index (χ0) is 28.1. The number of aliphatic carboxylic acids is 1. The van der Waals surface area contributed by atoms with Crippen LogP contribution in [0.5, 0.6) is 11.5 Å². The van der Waals surface area contributed by atoms with Crippen molar-refractivity contribution >= 4 is 5.97 Å². The Morgan fingerprint density at radius 2 is 1.68 bits per heavy atom. The first-order valence-corrected chi connectivity index (χ1v) is 12.3. The fraction of sp³-hybridized carbons (Fsp3) is 0.367. The Morgan fingerprint density at radius 1 is 0.947 bits per heavy atom. The number of methoxy groups -OCH3 is 1. The molecule has 1 N–H and O–H groups in total. The van der Waals surface area contributed by atoms with E-state index < -0.39 is 30.9 Å². The topological polar surface area (TPSA) is 55.8 Å². The molecule has 8 heteroatoms. The van der Waals surface area contributed by atoms with Gasteiger partial charge in [-0.2, -0.15) is 13.2 Å². The second-order valence-corrected chi connectivity index (χ2v) is 10.3. The van der Waals surface area contributed by atoms with E-state index in [1.807, 2.05) is 39.0 Å². The van der Waals surface area contributed by atoms with E-state index in [1.165, 1.54) is 13.2 Å². The van der Waals surface area contributed by atoms with Crippen LogP contribution < -0.4 is 9.47 Å². The normalized spacial score (nSPS) is 12.7. The Hall–Kier alpha value is -3.55. The fourth-order valence-electron chi connectivity index (χ4n) is 4.33. The molecule has 0 spiro atoms. The highest BCUT2D eigenvalue weighted by Crippen LogP contribution is 2.37. The molecule has 0 unspecified atom stereocenters. The Morgan fingerprint density at radius 3 is 2.32 bits per heavy atom. The predicted octanol–water partition coefficient (Wildman–Crippen LogP) is 8.28. The van der Waals surface area contributed by atoms with Crippen molar-refractivity contribution in [1.29, 1.82) is 0 Å². The van der Waals surface area contributed by atoms with Gasteiger partial charge in [-0.1, -0.05) is 51.1 Å². The van der Waals surface area contributed by atoms with Crippen molar-refractivity contribution in [3.05, 3.63) is 83.2 Å². The molecule has 3 aromatic carbocycles. The summed E-state index contributed by atoms with van der Waals surface area (Å²) >= 11 is 0. The quantitative estimate of drug-likeness (QED) is 0.267. The van der Waals surface area contributed by atoms with Gasteiger partial charge in [0, 0.05) is 12.0 Å². The molecule has 38 heavy (non-hydrogen) atoms. The van der Waals surface area contributed by atoms with Crippen molar-refractivity contribution < 1.29 is 36.9 Å². The highest BCUT2D eigenvalue weighted by molar-refractivity contribution is 5.71. The molecule has 4 nitrogen and oxygen atoms in total. The zero-order valence-electron chi connectivity index (χ0n) is 21.9. The first kappa shape index (κ1) is 29.0. The highest BCUT2D eigenvalue weighted by Gasteiger charge is 2.29. The van der Waals surface area contributed by atoms with Crippen LogP contribution in [0.15, 0.2) is 60.7 Å². The molecule has 0 fully saturated rings. The van der Waals surface area contributed by atoms with Crippen molar-refractivity contribution in [1.82, 2.24) is 0 Å². The lowest BCUT2D eigenvalue weighted by atomic mass is 9.81. The van der Waals surface area contributed by atoms with Gasteiger partial charge in [0.05, 0.1) is 13.5 Å². The van der Waals surface area contributed by atoms with Gasteiger partial charge in [0.2, 0.25) is 0 Å². The first-order chi connectivity index (χ1) is 17.8. The lowest BCUT2D eigenvalue weighted by Crippen LogP contribution is -2.14. The lowest BCUT2D eigenvalue weighted by molar-refractivity contribution is -0.142. The number of halogens is 4. The van der Waals surface area contributed by atoms with E-state index in [0.29, 0.717) is 22.6 Å². The Labute approximate surface area is 220 Å². The molecular weight excluding hydrogens is 500 g/mol. The van der Waals surface area contributed by atoms with Crippen LogP contribution >= 0.6 is 0 Å². The highest BCUT2D eigenvalue weighted by atomic mass is 19.4. The summed E-state index contributed by atoms with van der Waals surface area (Å²) in [7, 11) is 1.53. The fourth-order valence-corrected chi connectivity index (χ4v) is 4.33. The summed E-state index contributed by atoms with van der Waals surface area (Å²) < 4.78 is 64.3. The molecule has 0 bridgehead atoms. The smallest absolute Gasteiger partial charge is 0.389 e. The maximum atomic E-state index is 14.8. The first-order valence-electron chi connectivity index (χ1n) is 12.3. The van der Waals surface area contributed by atoms with Crippen LogP contribution in [0.2, 0.25) is 0 Å². The maximum Gasteiger partial charge on any atom is 0.389 e. The molecule has 204 valence electrons. The van der Waals surface area contributed by atoms with Crippen molar-refractivity contribution in [3.63, 3.8) is 0 Å². The molecular formula is C30H32F4O4. The average molecular weight is 533 g/mol. The van der Waals surface area contributed by atoms with Crippen LogP contribution in [-0.4, -0.2) is 24.4 Å². The number of carboxylic acid groups (broad SMARTS) is 1. The monoisotopic (exact) mass is 532 g/mol. The Kier molecular flexibility index (Phi) is 9.07. The van der Waals surface area contributed by atoms with Gasteiger partial charge in [-0.3, -0.25) is 4.79 Å². The van der Waals surface area contributed by atoms with Crippen molar-refractivity contribution in [2.75, 3.05) is 7.11 Å². The van der Waals surface area contributed by atoms with Crippen molar-refractivity contribution in [2.24, 2.45) is 0 Å². The molecule has 0 heterocycles. The Balaban J connectivity index is 1.85. The van der Waals surface area contributed by atoms with E-state index in [9.17, 15) is 27.5 Å². The molecule has 0 aliphatic rings. The van der Waals surface area contributed by atoms with Crippen LogP contribution in [0, 0.1) is 5.82 Å². The second kappa shape index (κ2) is 11.9. The summed E-state index contributed by atoms with van der Waals surface area (Å²) in [6, 6.07) is 16.8. The SMILES string of the molecule is COc1ccc(F)c(-c2ccc(COc3cccc([C@@H](CCC(F)(F)F)CC(=O)O)c3)cc2C(C)(C)C)c1. The van der Waals surface area contributed by atoms with Gasteiger partial charge in [-0.15, -0.1) is 0 Å². The van der Waals surface area contributed by atoms with Gasteiger partial charge in [-0.25, -0.2) is 4.39 Å². The Bertz CT molecular complexity index is 1260. The third kappa shape index (κ3) is 7.97. The van der Waals surface area contributed by atoms with Gasteiger partial charge in [0.25, 0.3) is 0 Å². The van der Waals surface area contributed by atoms with E-state index in [0.717, 1.165) is 16.7 Å². The summed E-state index contributed by atoms with van der Waals surface area (Å²) in [5.74, 6) is -1.35. The van der Waals surface area contributed by atoms with E-state index in [1.54, 1.807) is 36.4 Å². The summed E-state index contributed by atoms with van der Waals surface area (Å²) in [5.41, 5.74) is 3.07. The summed E-state index contributed by atoms with van der Waals surface area (Å²) in [5, 5.41) is 9.20. The second-order valence-electron chi connectivity index (χ2n) is 10.3. The largest absolute Gasteiger partial charge is 0.497 e. The molecule has 3 aromatic rings. The molecule has 0 aliphatic carbocycles. The third-order valence-electron chi connectivity index (χ3n) is 6.29. The van der Waals surface area contributed by atoms with Gasteiger partial charge in [0.1, 0.15) is 23.9 Å². The van der Waals surface area contributed by atoms with Crippen LogP contribution in [0.25, 0.3) is 11.1 Å². The predicted molar refractivity (Wildman–Crippen MR) is 138 cm³/mol. The zero-order valence-corrected chi connectivity index (χ0v) is 21.9. The molecule has 0 radical (unpaired) electrons. The number of alkyl halides is 3. The standard InChI is InChI=1S/C30H32F4O4/c1-29(2,3)26-14-19(8-10-24(26)25-17-22(37-4)9-11-27(25)31)18-38-23-7-5-6-20(15-23)21(16-28(35)36)12-13-30(32,33)34/h5-11,14-15,17,21H,12-13,16,18H2,1-4H3,(H,35,36)/t21-/m0/s1. The number of hydrogen-bond donors (Lipinski definition) is 1. The number of benzene rings is 3. The molecule has 1 atom stereocenters. The number of carboxylic acids is 1. The van der Waals surface area contributed by atoms with Gasteiger partial charge < -0.3 is 14.6 Å². The summed E-state index contributed by atoms with van der Waals surface area (Å²) in [6.45, 7) is 6.25. The summed E-state index contributed by atoms with van der Waals surface area (Å²) in [4.78, 5) is 11.3. The van der Waals surface area contributed by atoms with Gasteiger partial charge >= 0.3 is 12.1 Å². The van der Waals surface area contributed by atoms with Crippen LogP contribution in [0.1, 0.15) is 62.6 Å². The number of hydrogen-bond acceptors (Lipinski definition) is 3. The molecule has 0 saturated carbocycles.